The van der Waals surface area contributed by atoms with E-state index in [0.717, 1.165) is 32.3 Å². The summed E-state index contributed by atoms with van der Waals surface area (Å²) in [5.41, 5.74) is 5.18. The highest BCUT2D eigenvalue weighted by atomic mass is 16.6. The van der Waals surface area contributed by atoms with Gasteiger partial charge in [0.05, 0.1) is 24.9 Å². The molecule has 0 saturated carbocycles. The minimum Gasteiger partial charge on any atom is -0.390 e. The first-order chi connectivity index (χ1) is 10.9. The Bertz CT molecular complexity index is 557. The number of fused-ring (bicyclic) bond motifs is 2. The number of ether oxygens (including phenoxy) is 2. The molecular formula is C20H30O3. The Morgan fingerprint density at radius 2 is 1.91 bits per heavy atom. The highest BCUT2D eigenvalue weighted by Gasteiger charge is 2.56. The van der Waals surface area contributed by atoms with Crippen molar-refractivity contribution in [3.8, 4) is 0 Å². The van der Waals surface area contributed by atoms with Gasteiger partial charge in [0.25, 0.3) is 0 Å². The van der Waals surface area contributed by atoms with Gasteiger partial charge in [-0.2, -0.15) is 0 Å². The van der Waals surface area contributed by atoms with Crippen molar-refractivity contribution >= 4 is 0 Å². The number of aliphatic hydroxyl groups is 1. The average Bonchev–Trinajstić information content (AvgIpc) is 3.07. The molecular weight excluding hydrogens is 288 g/mol. The third-order valence-corrected chi connectivity index (χ3v) is 5.73. The number of hydrogen-bond acceptors (Lipinski definition) is 3. The molecule has 2 aliphatic heterocycles. The van der Waals surface area contributed by atoms with Crippen LogP contribution in [0, 0.1) is 0 Å². The van der Waals surface area contributed by atoms with E-state index in [1.165, 1.54) is 22.3 Å². The standard InChI is InChI=1S/C20H30O3/c1-13-5-8-16-15(3)12-22-17(16)11-14(2)7-10-19-20(4,23-19)18(21)9-6-13/h6,11,17-19,21H,5,7-10,12H2,1-4H3/b13-6+,14-11+/t17-,18+,19+,20+/m1/s1. The Morgan fingerprint density at radius 3 is 2.70 bits per heavy atom. The molecule has 2 heterocycles. The molecule has 23 heavy (non-hydrogen) atoms. The Labute approximate surface area is 140 Å². The Morgan fingerprint density at radius 1 is 1.13 bits per heavy atom. The Balaban J connectivity index is 1.79. The molecule has 0 spiro atoms. The Kier molecular flexibility index (Phi) is 4.82. The van der Waals surface area contributed by atoms with Crippen LogP contribution in [0.15, 0.2) is 34.4 Å². The normalized spacial score (nSPS) is 43.6. The van der Waals surface area contributed by atoms with Crippen molar-refractivity contribution < 1.29 is 14.6 Å². The topological polar surface area (TPSA) is 42.0 Å². The molecule has 0 unspecified atom stereocenters. The summed E-state index contributed by atoms with van der Waals surface area (Å²) in [5, 5.41) is 10.5. The van der Waals surface area contributed by atoms with Crippen molar-refractivity contribution in [1.82, 2.24) is 0 Å². The molecule has 0 aromatic rings. The summed E-state index contributed by atoms with van der Waals surface area (Å²) >= 11 is 0. The van der Waals surface area contributed by atoms with Crippen molar-refractivity contribution in [2.75, 3.05) is 6.61 Å². The van der Waals surface area contributed by atoms with Crippen molar-refractivity contribution in [3.05, 3.63) is 34.4 Å². The first kappa shape index (κ1) is 16.9. The SMILES string of the molecule is CC1=C2CC/C(C)=C/C[C@H](O)[C@]3(C)O[C@H]3CC/C(C)=C/[C@H]2OC1. The van der Waals surface area contributed by atoms with Crippen molar-refractivity contribution in [1.29, 1.82) is 0 Å². The summed E-state index contributed by atoms with van der Waals surface area (Å²) < 4.78 is 11.8. The second-order valence-corrected chi connectivity index (χ2v) is 7.68. The maximum Gasteiger partial charge on any atom is 0.118 e. The van der Waals surface area contributed by atoms with Crippen LogP contribution in [0.25, 0.3) is 0 Å². The van der Waals surface area contributed by atoms with Gasteiger partial charge in [0, 0.05) is 0 Å². The lowest BCUT2D eigenvalue weighted by atomic mass is 9.91. The van der Waals surface area contributed by atoms with Gasteiger partial charge >= 0.3 is 0 Å². The van der Waals surface area contributed by atoms with Crippen molar-refractivity contribution in [2.45, 2.75) is 83.7 Å². The van der Waals surface area contributed by atoms with Crippen molar-refractivity contribution in [2.24, 2.45) is 0 Å². The number of aliphatic hydroxyl groups excluding tert-OH is 1. The van der Waals surface area contributed by atoms with E-state index in [0.29, 0.717) is 6.42 Å². The number of rotatable bonds is 0. The van der Waals surface area contributed by atoms with Crippen LogP contribution >= 0.6 is 0 Å². The molecule has 0 aromatic carbocycles. The van der Waals surface area contributed by atoms with E-state index >= 15 is 0 Å². The zero-order valence-corrected chi connectivity index (χ0v) is 14.9. The monoisotopic (exact) mass is 318 g/mol. The molecule has 1 aliphatic carbocycles. The maximum atomic E-state index is 10.5. The molecule has 0 bridgehead atoms. The van der Waals surface area contributed by atoms with Crippen LogP contribution in [-0.2, 0) is 9.47 Å². The molecule has 3 nitrogen and oxygen atoms in total. The van der Waals surface area contributed by atoms with Gasteiger partial charge in [-0.05, 0) is 70.9 Å². The molecule has 3 aliphatic rings. The molecule has 0 radical (unpaired) electrons. The highest BCUT2D eigenvalue weighted by molar-refractivity contribution is 5.29. The molecule has 3 rings (SSSR count). The molecule has 1 fully saturated rings. The lowest BCUT2D eigenvalue weighted by molar-refractivity contribution is 0.0871. The lowest BCUT2D eigenvalue weighted by Gasteiger charge is -2.16. The summed E-state index contributed by atoms with van der Waals surface area (Å²) in [7, 11) is 0. The molecule has 4 atom stereocenters. The zero-order chi connectivity index (χ0) is 16.6. The van der Waals surface area contributed by atoms with E-state index in [4.69, 9.17) is 9.47 Å². The smallest absolute Gasteiger partial charge is 0.118 e. The van der Waals surface area contributed by atoms with Crippen LogP contribution < -0.4 is 0 Å². The molecule has 1 N–H and O–H groups in total. The quantitative estimate of drug-likeness (QED) is 0.540. The van der Waals surface area contributed by atoms with E-state index < -0.39 is 6.10 Å². The van der Waals surface area contributed by atoms with Gasteiger partial charge in [-0.3, -0.25) is 0 Å². The van der Waals surface area contributed by atoms with E-state index in [1.54, 1.807) is 0 Å². The van der Waals surface area contributed by atoms with E-state index in [1.807, 2.05) is 6.92 Å². The predicted octanol–water partition coefficient (Wildman–Crippen LogP) is 4.08. The lowest BCUT2D eigenvalue weighted by Crippen LogP contribution is -2.28. The van der Waals surface area contributed by atoms with Crippen LogP contribution in [0.3, 0.4) is 0 Å². The summed E-state index contributed by atoms with van der Waals surface area (Å²) in [6.07, 6.45) is 9.15. The van der Waals surface area contributed by atoms with Gasteiger partial charge in [0.2, 0.25) is 0 Å². The summed E-state index contributed by atoms with van der Waals surface area (Å²) in [6.45, 7) is 9.33. The van der Waals surface area contributed by atoms with Gasteiger partial charge in [0.15, 0.2) is 0 Å². The van der Waals surface area contributed by atoms with Crippen LogP contribution in [0.5, 0.6) is 0 Å². The van der Waals surface area contributed by atoms with Crippen LogP contribution in [0.2, 0.25) is 0 Å². The number of allylic oxidation sites excluding steroid dienone is 2. The van der Waals surface area contributed by atoms with Gasteiger partial charge in [-0.15, -0.1) is 0 Å². The second-order valence-electron chi connectivity index (χ2n) is 7.68. The summed E-state index contributed by atoms with van der Waals surface area (Å²) in [6, 6.07) is 0. The summed E-state index contributed by atoms with van der Waals surface area (Å²) in [5.74, 6) is 0. The minimum atomic E-state index is -0.404. The molecule has 0 aromatic heterocycles. The number of epoxide rings is 1. The fourth-order valence-corrected chi connectivity index (χ4v) is 3.75. The summed E-state index contributed by atoms with van der Waals surface area (Å²) in [4.78, 5) is 0. The third kappa shape index (κ3) is 3.62. The predicted molar refractivity (Wildman–Crippen MR) is 92.3 cm³/mol. The van der Waals surface area contributed by atoms with E-state index in [9.17, 15) is 5.11 Å². The van der Waals surface area contributed by atoms with E-state index in [2.05, 4.69) is 32.9 Å². The zero-order valence-electron chi connectivity index (χ0n) is 14.9. The first-order valence-electron chi connectivity index (χ1n) is 8.89. The van der Waals surface area contributed by atoms with Crippen LogP contribution in [0.1, 0.15) is 59.8 Å². The van der Waals surface area contributed by atoms with Crippen LogP contribution in [-0.4, -0.2) is 35.6 Å². The van der Waals surface area contributed by atoms with E-state index in [-0.39, 0.29) is 17.8 Å². The maximum absolute atomic E-state index is 10.5. The fourth-order valence-electron chi connectivity index (χ4n) is 3.75. The molecule has 1 saturated heterocycles. The molecule has 3 heteroatoms. The van der Waals surface area contributed by atoms with Crippen molar-refractivity contribution in [3.63, 3.8) is 0 Å². The van der Waals surface area contributed by atoms with Gasteiger partial charge in [0.1, 0.15) is 5.60 Å². The first-order valence-corrected chi connectivity index (χ1v) is 8.89. The largest absolute Gasteiger partial charge is 0.390 e. The highest BCUT2D eigenvalue weighted by Crippen LogP contribution is 2.44. The van der Waals surface area contributed by atoms with Gasteiger partial charge in [-0.1, -0.05) is 23.3 Å². The third-order valence-electron chi connectivity index (χ3n) is 5.73. The Hall–Kier alpha value is -0.900. The minimum absolute atomic E-state index is 0.155. The number of hydrogen-bond donors (Lipinski definition) is 1. The molecule has 128 valence electrons. The second kappa shape index (κ2) is 6.54. The molecule has 0 amide bonds. The average molecular weight is 318 g/mol. The van der Waals surface area contributed by atoms with Gasteiger partial charge in [-0.25, -0.2) is 0 Å². The fraction of sp³-hybridized carbons (Fsp3) is 0.700. The van der Waals surface area contributed by atoms with Gasteiger partial charge < -0.3 is 14.6 Å². The van der Waals surface area contributed by atoms with Crippen LogP contribution in [0.4, 0.5) is 0 Å².